The van der Waals surface area contributed by atoms with Gasteiger partial charge in [-0.05, 0) is 22.9 Å². The number of fused-ring (bicyclic) bond motifs is 1. The van der Waals surface area contributed by atoms with E-state index in [1.807, 2.05) is 18.2 Å². The highest BCUT2D eigenvalue weighted by molar-refractivity contribution is 5.87. The molecule has 0 aliphatic rings. The molecule has 0 spiro atoms. The Morgan fingerprint density at radius 1 is 1.16 bits per heavy atom. The fourth-order valence-corrected chi connectivity index (χ4v) is 2.30. The summed E-state index contributed by atoms with van der Waals surface area (Å²) in [7, 11) is 1.68. The van der Waals surface area contributed by atoms with Crippen molar-refractivity contribution in [3.8, 4) is 5.75 Å². The van der Waals surface area contributed by atoms with Gasteiger partial charge in [0.2, 0.25) is 0 Å². The largest absolute Gasteiger partial charge is 0.496 e. The Labute approximate surface area is 111 Å². The van der Waals surface area contributed by atoms with E-state index in [0.717, 1.165) is 16.7 Å². The molecule has 0 aliphatic heterocycles. The summed E-state index contributed by atoms with van der Waals surface area (Å²) in [5.74, 6) is 1.50. The van der Waals surface area contributed by atoms with Crippen molar-refractivity contribution in [1.29, 1.82) is 0 Å². The number of aromatic nitrogens is 2. The van der Waals surface area contributed by atoms with E-state index >= 15 is 0 Å². The van der Waals surface area contributed by atoms with E-state index in [-0.39, 0.29) is 0 Å². The molecule has 0 saturated heterocycles. The second-order valence-corrected chi connectivity index (χ2v) is 4.38. The van der Waals surface area contributed by atoms with Crippen molar-refractivity contribution >= 4 is 16.6 Å². The Kier molecular flexibility index (Phi) is 2.83. The molecule has 0 atom stereocenters. The first kappa shape index (κ1) is 11.6. The van der Waals surface area contributed by atoms with Crippen LogP contribution < -0.4 is 10.5 Å². The van der Waals surface area contributed by atoms with E-state index in [9.17, 15) is 0 Å². The van der Waals surface area contributed by atoms with Gasteiger partial charge in [-0.1, -0.05) is 30.3 Å². The first-order chi connectivity index (χ1) is 9.29. The van der Waals surface area contributed by atoms with Gasteiger partial charge >= 0.3 is 0 Å². The molecule has 2 N–H and O–H groups in total. The van der Waals surface area contributed by atoms with Crippen molar-refractivity contribution in [3.63, 3.8) is 0 Å². The molecular formula is C15H15N3O. The minimum Gasteiger partial charge on any atom is -0.496 e. The summed E-state index contributed by atoms with van der Waals surface area (Å²) in [6.07, 6.45) is 1.70. The van der Waals surface area contributed by atoms with E-state index in [1.54, 1.807) is 24.1 Å². The lowest BCUT2D eigenvalue weighted by molar-refractivity contribution is 0.408. The normalized spacial score (nSPS) is 10.8. The highest BCUT2D eigenvalue weighted by Gasteiger charge is 2.10. The maximum Gasteiger partial charge on any atom is 0.124 e. The molecule has 2 aromatic carbocycles. The molecule has 4 heteroatoms. The summed E-state index contributed by atoms with van der Waals surface area (Å²) in [4.78, 5) is 0. The summed E-state index contributed by atoms with van der Waals surface area (Å²) >= 11 is 0. The third-order valence-electron chi connectivity index (χ3n) is 3.27. The lowest BCUT2D eigenvalue weighted by Crippen LogP contribution is -2.07. The number of methoxy groups -OCH3 is 1. The summed E-state index contributed by atoms with van der Waals surface area (Å²) < 4.78 is 7.23. The van der Waals surface area contributed by atoms with Gasteiger partial charge in [0.05, 0.1) is 19.9 Å². The van der Waals surface area contributed by atoms with Crippen molar-refractivity contribution in [3.05, 3.63) is 54.2 Å². The van der Waals surface area contributed by atoms with Crippen LogP contribution in [0.4, 0.5) is 5.82 Å². The van der Waals surface area contributed by atoms with E-state index in [4.69, 9.17) is 10.5 Å². The van der Waals surface area contributed by atoms with Gasteiger partial charge in [-0.15, -0.1) is 0 Å². The van der Waals surface area contributed by atoms with Crippen LogP contribution in [0.5, 0.6) is 5.75 Å². The Morgan fingerprint density at radius 2 is 2.00 bits per heavy atom. The van der Waals surface area contributed by atoms with E-state index in [2.05, 4.69) is 23.3 Å². The fraction of sp³-hybridized carbons (Fsp3) is 0.133. The Balaban J connectivity index is 2.17. The predicted octanol–water partition coefficient (Wildman–Crippen LogP) is 2.68. The lowest BCUT2D eigenvalue weighted by Gasteiger charge is -2.13. The van der Waals surface area contributed by atoms with Crippen LogP contribution >= 0.6 is 0 Å². The molecule has 0 radical (unpaired) electrons. The van der Waals surface area contributed by atoms with Crippen LogP contribution in [-0.4, -0.2) is 16.9 Å². The van der Waals surface area contributed by atoms with Gasteiger partial charge in [-0.25, -0.2) is 4.68 Å². The van der Waals surface area contributed by atoms with Crippen molar-refractivity contribution in [2.75, 3.05) is 12.8 Å². The molecule has 0 bridgehead atoms. The lowest BCUT2D eigenvalue weighted by atomic mass is 10.0. The van der Waals surface area contributed by atoms with Crippen molar-refractivity contribution in [2.45, 2.75) is 6.54 Å². The number of hydrogen-bond acceptors (Lipinski definition) is 3. The standard InChI is InChI=1S/C15H15N3O/c1-19-14-7-6-11-4-2-3-5-12(11)13(14)10-18-15(16)8-9-17-18/h2-9H,10,16H2,1H3. The number of rotatable bonds is 3. The monoisotopic (exact) mass is 253 g/mol. The molecule has 0 unspecified atom stereocenters. The number of nitrogens with two attached hydrogens (primary N) is 1. The Bertz CT molecular complexity index is 718. The molecule has 19 heavy (non-hydrogen) atoms. The molecule has 4 nitrogen and oxygen atoms in total. The molecule has 1 heterocycles. The first-order valence-corrected chi connectivity index (χ1v) is 6.11. The van der Waals surface area contributed by atoms with Crippen molar-refractivity contribution < 1.29 is 4.74 Å². The quantitative estimate of drug-likeness (QED) is 0.780. The maximum atomic E-state index is 5.88. The molecule has 3 rings (SSSR count). The summed E-state index contributed by atoms with van der Waals surface area (Å²) in [6.45, 7) is 0.601. The van der Waals surface area contributed by atoms with Gasteiger partial charge < -0.3 is 10.5 Å². The van der Waals surface area contributed by atoms with E-state index in [1.165, 1.54) is 5.39 Å². The SMILES string of the molecule is COc1ccc2ccccc2c1Cn1nccc1N. The number of nitrogen functional groups attached to an aromatic ring is 1. The number of benzene rings is 2. The third-order valence-corrected chi connectivity index (χ3v) is 3.27. The number of anilines is 1. The smallest absolute Gasteiger partial charge is 0.124 e. The number of nitrogens with zero attached hydrogens (tertiary/aromatic N) is 2. The van der Waals surface area contributed by atoms with Crippen LogP contribution in [0.3, 0.4) is 0 Å². The van der Waals surface area contributed by atoms with Crippen LogP contribution in [-0.2, 0) is 6.54 Å². The van der Waals surface area contributed by atoms with Gasteiger partial charge in [-0.3, -0.25) is 0 Å². The number of hydrogen-bond donors (Lipinski definition) is 1. The Morgan fingerprint density at radius 3 is 2.74 bits per heavy atom. The van der Waals surface area contributed by atoms with Gasteiger partial charge in [-0.2, -0.15) is 5.10 Å². The van der Waals surface area contributed by atoms with Crippen LogP contribution in [0.1, 0.15) is 5.56 Å². The molecule has 0 saturated carbocycles. The molecule has 0 fully saturated rings. The van der Waals surface area contributed by atoms with E-state index < -0.39 is 0 Å². The van der Waals surface area contributed by atoms with Crippen molar-refractivity contribution in [2.24, 2.45) is 0 Å². The fourth-order valence-electron chi connectivity index (χ4n) is 2.30. The average molecular weight is 253 g/mol. The molecule has 0 aliphatic carbocycles. The summed E-state index contributed by atoms with van der Waals surface area (Å²) in [5.41, 5.74) is 6.98. The molecule has 1 aromatic heterocycles. The molecule has 96 valence electrons. The third kappa shape index (κ3) is 2.01. The molecular weight excluding hydrogens is 238 g/mol. The molecule has 3 aromatic rings. The van der Waals surface area contributed by atoms with Crippen LogP contribution in [0.25, 0.3) is 10.8 Å². The molecule has 0 amide bonds. The zero-order valence-electron chi connectivity index (χ0n) is 10.7. The zero-order chi connectivity index (χ0) is 13.2. The van der Waals surface area contributed by atoms with Gasteiger partial charge in [0.25, 0.3) is 0 Å². The highest BCUT2D eigenvalue weighted by atomic mass is 16.5. The summed E-state index contributed by atoms with van der Waals surface area (Å²) in [5, 5.41) is 6.58. The topological polar surface area (TPSA) is 53.1 Å². The first-order valence-electron chi connectivity index (χ1n) is 6.11. The number of ether oxygens (including phenoxy) is 1. The van der Waals surface area contributed by atoms with Crippen LogP contribution in [0.2, 0.25) is 0 Å². The van der Waals surface area contributed by atoms with Gasteiger partial charge in [0, 0.05) is 5.56 Å². The maximum absolute atomic E-state index is 5.88. The second kappa shape index (κ2) is 4.65. The van der Waals surface area contributed by atoms with Crippen molar-refractivity contribution in [1.82, 2.24) is 9.78 Å². The van der Waals surface area contributed by atoms with Crippen LogP contribution in [0, 0.1) is 0 Å². The van der Waals surface area contributed by atoms with Crippen LogP contribution in [0.15, 0.2) is 48.7 Å². The summed E-state index contributed by atoms with van der Waals surface area (Å²) in [6, 6.07) is 14.1. The van der Waals surface area contributed by atoms with Gasteiger partial charge in [0.15, 0.2) is 0 Å². The minimum absolute atomic E-state index is 0.601. The minimum atomic E-state index is 0.601. The van der Waals surface area contributed by atoms with E-state index in [0.29, 0.717) is 12.4 Å². The second-order valence-electron chi connectivity index (χ2n) is 4.38. The Hall–Kier alpha value is -2.49. The highest BCUT2D eigenvalue weighted by Crippen LogP contribution is 2.29. The van der Waals surface area contributed by atoms with Gasteiger partial charge in [0.1, 0.15) is 11.6 Å². The average Bonchev–Trinajstić information content (AvgIpc) is 2.85. The zero-order valence-corrected chi connectivity index (χ0v) is 10.7. The predicted molar refractivity (Wildman–Crippen MR) is 76.2 cm³/mol.